The average Bonchev–Trinajstić information content (AvgIpc) is 2.79. The zero-order chi connectivity index (χ0) is 11.2. The first kappa shape index (κ1) is 21.0. The number of rotatable bonds is 5. The van der Waals surface area contributed by atoms with Crippen LogP contribution >= 0.6 is 37.2 Å². The standard InChI is InChI=1S/C13H21N3.3ClH/c14-12-6-1-2-7-13(12)15-8-5-11-16-9-3-4-10-16;;;/h1-2,6-7,15H,3-5,8-11,14H2;3*1H. The number of nitrogens with two attached hydrogens (primary N) is 1. The maximum absolute atomic E-state index is 5.85. The molecule has 3 N–H and O–H groups in total. The minimum atomic E-state index is 0. The summed E-state index contributed by atoms with van der Waals surface area (Å²) in [6, 6.07) is 7.94. The molecule has 0 spiro atoms. The Hall–Kier alpha value is -0.350. The van der Waals surface area contributed by atoms with E-state index in [1.54, 1.807) is 0 Å². The van der Waals surface area contributed by atoms with Crippen LogP contribution in [-0.2, 0) is 0 Å². The smallest absolute Gasteiger partial charge is 0.0573 e. The monoisotopic (exact) mass is 327 g/mol. The SMILES string of the molecule is Cl.Cl.Cl.Nc1ccccc1NCCCN1CCCC1. The molecule has 0 unspecified atom stereocenters. The van der Waals surface area contributed by atoms with E-state index < -0.39 is 0 Å². The molecule has 1 aromatic rings. The maximum Gasteiger partial charge on any atom is 0.0573 e. The van der Waals surface area contributed by atoms with Crippen LogP contribution in [0.4, 0.5) is 11.4 Å². The Balaban J connectivity index is 0. The van der Waals surface area contributed by atoms with Gasteiger partial charge in [0.2, 0.25) is 0 Å². The van der Waals surface area contributed by atoms with Gasteiger partial charge >= 0.3 is 0 Å². The molecule has 1 heterocycles. The zero-order valence-corrected chi connectivity index (χ0v) is 13.5. The van der Waals surface area contributed by atoms with Crippen molar-refractivity contribution in [2.24, 2.45) is 0 Å². The van der Waals surface area contributed by atoms with Crippen molar-refractivity contribution in [2.45, 2.75) is 19.3 Å². The second-order valence-electron chi connectivity index (χ2n) is 4.42. The molecule has 2 rings (SSSR count). The first-order chi connectivity index (χ1) is 7.86. The van der Waals surface area contributed by atoms with Gasteiger partial charge in [0, 0.05) is 6.54 Å². The zero-order valence-electron chi connectivity index (χ0n) is 11.0. The third-order valence-electron chi connectivity index (χ3n) is 3.13. The normalized spacial score (nSPS) is 13.9. The highest BCUT2D eigenvalue weighted by Gasteiger charge is 2.09. The summed E-state index contributed by atoms with van der Waals surface area (Å²) in [5.41, 5.74) is 7.75. The first-order valence-corrected chi connectivity index (χ1v) is 6.17. The van der Waals surface area contributed by atoms with Gasteiger partial charge in [0.05, 0.1) is 11.4 Å². The van der Waals surface area contributed by atoms with E-state index >= 15 is 0 Å². The van der Waals surface area contributed by atoms with E-state index in [9.17, 15) is 0 Å². The van der Waals surface area contributed by atoms with Crippen LogP contribution in [0.5, 0.6) is 0 Å². The highest BCUT2D eigenvalue weighted by molar-refractivity contribution is 5.86. The summed E-state index contributed by atoms with van der Waals surface area (Å²) in [4.78, 5) is 2.54. The molecule has 1 saturated heterocycles. The van der Waals surface area contributed by atoms with Crippen LogP contribution < -0.4 is 11.1 Å². The summed E-state index contributed by atoms with van der Waals surface area (Å²) in [5, 5.41) is 3.39. The summed E-state index contributed by atoms with van der Waals surface area (Å²) < 4.78 is 0. The fourth-order valence-corrected chi connectivity index (χ4v) is 2.19. The summed E-state index contributed by atoms with van der Waals surface area (Å²) >= 11 is 0. The van der Waals surface area contributed by atoms with E-state index in [4.69, 9.17) is 5.73 Å². The third kappa shape index (κ3) is 7.11. The van der Waals surface area contributed by atoms with E-state index in [1.165, 1.54) is 38.9 Å². The lowest BCUT2D eigenvalue weighted by atomic mass is 10.2. The molecular weight excluding hydrogens is 305 g/mol. The summed E-state index contributed by atoms with van der Waals surface area (Å²) in [6.45, 7) is 4.78. The number of benzene rings is 1. The van der Waals surface area contributed by atoms with Gasteiger partial charge in [0.25, 0.3) is 0 Å². The van der Waals surface area contributed by atoms with Crippen molar-refractivity contribution < 1.29 is 0 Å². The van der Waals surface area contributed by atoms with Gasteiger partial charge in [-0.25, -0.2) is 0 Å². The second-order valence-corrected chi connectivity index (χ2v) is 4.42. The number of halogens is 3. The van der Waals surface area contributed by atoms with Crippen LogP contribution in [-0.4, -0.2) is 31.1 Å². The number of nitrogen functional groups attached to an aromatic ring is 1. The molecule has 3 nitrogen and oxygen atoms in total. The largest absolute Gasteiger partial charge is 0.397 e. The maximum atomic E-state index is 5.85. The van der Waals surface area contributed by atoms with Gasteiger partial charge in [0.15, 0.2) is 0 Å². The molecule has 1 aromatic carbocycles. The lowest BCUT2D eigenvalue weighted by Gasteiger charge is -2.15. The van der Waals surface area contributed by atoms with E-state index in [1.807, 2.05) is 24.3 Å². The van der Waals surface area contributed by atoms with Gasteiger partial charge in [-0.15, -0.1) is 37.2 Å². The lowest BCUT2D eigenvalue weighted by molar-refractivity contribution is 0.337. The Bertz CT molecular complexity index is 331. The van der Waals surface area contributed by atoms with Crippen molar-refractivity contribution in [1.82, 2.24) is 4.90 Å². The molecule has 0 bridgehead atoms. The highest BCUT2D eigenvalue weighted by Crippen LogP contribution is 2.16. The Morgan fingerprint density at radius 1 is 1.05 bits per heavy atom. The van der Waals surface area contributed by atoms with Gasteiger partial charge in [-0.1, -0.05) is 12.1 Å². The van der Waals surface area contributed by atoms with Crippen LogP contribution in [0.15, 0.2) is 24.3 Å². The molecule has 1 aliphatic heterocycles. The fourth-order valence-electron chi connectivity index (χ4n) is 2.19. The minimum absolute atomic E-state index is 0. The van der Waals surface area contributed by atoms with E-state index in [-0.39, 0.29) is 37.2 Å². The Morgan fingerprint density at radius 3 is 2.32 bits per heavy atom. The third-order valence-corrected chi connectivity index (χ3v) is 3.13. The van der Waals surface area contributed by atoms with Gasteiger partial charge < -0.3 is 16.0 Å². The van der Waals surface area contributed by atoms with E-state index in [0.29, 0.717) is 0 Å². The molecule has 19 heavy (non-hydrogen) atoms. The number of anilines is 2. The molecule has 0 atom stereocenters. The number of hydrogen-bond acceptors (Lipinski definition) is 3. The lowest BCUT2D eigenvalue weighted by Crippen LogP contribution is -2.22. The molecule has 112 valence electrons. The number of nitrogens with one attached hydrogen (secondary N) is 1. The van der Waals surface area contributed by atoms with Gasteiger partial charge in [-0.05, 0) is 51.0 Å². The summed E-state index contributed by atoms with van der Waals surface area (Å²) in [5.74, 6) is 0. The van der Waals surface area contributed by atoms with Crippen molar-refractivity contribution in [1.29, 1.82) is 0 Å². The second kappa shape index (κ2) is 11.5. The first-order valence-electron chi connectivity index (χ1n) is 6.17. The topological polar surface area (TPSA) is 41.3 Å². The quantitative estimate of drug-likeness (QED) is 0.642. The van der Waals surface area contributed by atoms with Crippen LogP contribution in [0.1, 0.15) is 19.3 Å². The van der Waals surface area contributed by atoms with E-state index in [0.717, 1.165) is 17.9 Å². The number of hydrogen-bond donors (Lipinski definition) is 2. The summed E-state index contributed by atoms with van der Waals surface area (Å²) in [7, 11) is 0. The summed E-state index contributed by atoms with van der Waals surface area (Å²) in [6.07, 6.45) is 3.94. The molecule has 0 amide bonds. The van der Waals surface area contributed by atoms with Gasteiger partial charge in [-0.3, -0.25) is 0 Å². The molecule has 6 heteroatoms. The predicted molar refractivity (Wildman–Crippen MR) is 91.4 cm³/mol. The van der Waals surface area contributed by atoms with Crippen molar-refractivity contribution in [3.8, 4) is 0 Å². The highest BCUT2D eigenvalue weighted by atomic mass is 35.5. The molecular formula is C13H24Cl3N3. The number of para-hydroxylation sites is 2. The van der Waals surface area contributed by atoms with Crippen LogP contribution in [0.2, 0.25) is 0 Å². The Labute approximate surface area is 134 Å². The number of likely N-dealkylation sites (tertiary alicyclic amines) is 1. The van der Waals surface area contributed by atoms with Crippen molar-refractivity contribution >= 4 is 48.6 Å². The Morgan fingerprint density at radius 2 is 1.68 bits per heavy atom. The van der Waals surface area contributed by atoms with Crippen LogP contribution in [0, 0.1) is 0 Å². The van der Waals surface area contributed by atoms with E-state index in [2.05, 4.69) is 10.2 Å². The minimum Gasteiger partial charge on any atom is -0.397 e. The molecule has 0 radical (unpaired) electrons. The molecule has 0 aliphatic carbocycles. The van der Waals surface area contributed by atoms with Crippen molar-refractivity contribution in [2.75, 3.05) is 37.2 Å². The number of nitrogens with zero attached hydrogens (tertiary/aromatic N) is 1. The molecule has 0 aromatic heterocycles. The van der Waals surface area contributed by atoms with Crippen molar-refractivity contribution in [3.05, 3.63) is 24.3 Å². The van der Waals surface area contributed by atoms with Crippen molar-refractivity contribution in [3.63, 3.8) is 0 Å². The van der Waals surface area contributed by atoms with Crippen LogP contribution in [0.25, 0.3) is 0 Å². The van der Waals surface area contributed by atoms with Crippen LogP contribution in [0.3, 0.4) is 0 Å². The van der Waals surface area contributed by atoms with Gasteiger partial charge in [-0.2, -0.15) is 0 Å². The molecule has 1 aliphatic rings. The predicted octanol–water partition coefficient (Wildman–Crippen LogP) is 3.43. The molecule has 1 fully saturated rings. The Kier molecular flexibility index (Phi) is 12.7. The van der Waals surface area contributed by atoms with Gasteiger partial charge in [0.1, 0.15) is 0 Å². The fraction of sp³-hybridized carbons (Fsp3) is 0.538. The average molecular weight is 329 g/mol. The molecule has 0 saturated carbocycles.